The third kappa shape index (κ3) is 4.17. The van der Waals surface area contributed by atoms with Gasteiger partial charge < -0.3 is 4.74 Å². The Morgan fingerprint density at radius 3 is 2.95 bits per heavy atom. The van der Waals surface area contributed by atoms with Crippen LogP contribution in [0.2, 0.25) is 0 Å². The van der Waals surface area contributed by atoms with Gasteiger partial charge in [0.1, 0.15) is 5.54 Å². The Morgan fingerprint density at radius 1 is 1.68 bits per heavy atom. The first-order valence-corrected chi connectivity index (χ1v) is 7.74. The first kappa shape index (κ1) is 14.8. The summed E-state index contributed by atoms with van der Waals surface area (Å²) in [6.45, 7) is 4.89. The molecular weight excluding hydrogens is 357 g/mol. The first-order chi connectivity index (χ1) is 9.03. The standard InChI is InChI=1S/C13H20IN3O2/c1-3-19-12(18)13(2,16-11-4-5-11)6-7-17-9-10(14)8-15-17/h8-9,11,16H,3-7H2,1-2H3. The maximum atomic E-state index is 12.1. The lowest BCUT2D eigenvalue weighted by Gasteiger charge is -2.28. The topological polar surface area (TPSA) is 56.2 Å². The summed E-state index contributed by atoms with van der Waals surface area (Å²) in [5.41, 5.74) is -0.617. The molecule has 1 aromatic heterocycles. The van der Waals surface area contributed by atoms with E-state index in [1.165, 1.54) is 0 Å². The number of hydrogen-bond donors (Lipinski definition) is 1. The van der Waals surface area contributed by atoms with Crippen LogP contribution in [0.25, 0.3) is 0 Å². The summed E-state index contributed by atoms with van der Waals surface area (Å²) in [7, 11) is 0. The quantitative estimate of drug-likeness (QED) is 0.583. The minimum Gasteiger partial charge on any atom is -0.465 e. The van der Waals surface area contributed by atoms with Gasteiger partial charge in [0.15, 0.2) is 0 Å². The normalized spacial score (nSPS) is 18.1. The lowest BCUT2D eigenvalue weighted by molar-refractivity contribution is -0.151. The molecule has 106 valence electrons. The van der Waals surface area contributed by atoms with Crippen molar-refractivity contribution in [1.82, 2.24) is 15.1 Å². The molecule has 0 aromatic carbocycles. The Bertz CT molecular complexity index is 445. The van der Waals surface area contributed by atoms with Crippen LogP contribution in [0, 0.1) is 3.57 Å². The summed E-state index contributed by atoms with van der Waals surface area (Å²) < 4.78 is 8.17. The van der Waals surface area contributed by atoms with Gasteiger partial charge in [0, 0.05) is 18.8 Å². The number of halogens is 1. The number of nitrogens with one attached hydrogen (secondary N) is 1. The minimum absolute atomic E-state index is 0.163. The van der Waals surface area contributed by atoms with Crippen molar-refractivity contribution in [3.05, 3.63) is 16.0 Å². The van der Waals surface area contributed by atoms with Gasteiger partial charge in [0.05, 0.1) is 16.4 Å². The van der Waals surface area contributed by atoms with Gasteiger partial charge in [0.25, 0.3) is 0 Å². The molecule has 5 nitrogen and oxygen atoms in total. The molecule has 1 aliphatic rings. The van der Waals surface area contributed by atoms with E-state index in [4.69, 9.17) is 4.74 Å². The number of carbonyl (C=O) groups excluding carboxylic acids is 1. The first-order valence-electron chi connectivity index (χ1n) is 6.66. The zero-order valence-corrected chi connectivity index (χ0v) is 13.5. The van der Waals surface area contributed by atoms with Crippen molar-refractivity contribution in [3.63, 3.8) is 0 Å². The Morgan fingerprint density at radius 2 is 2.42 bits per heavy atom. The summed E-state index contributed by atoms with van der Waals surface area (Å²) in [4.78, 5) is 12.1. The third-order valence-corrected chi connectivity index (χ3v) is 3.83. The number of aromatic nitrogens is 2. The van der Waals surface area contributed by atoms with Gasteiger partial charge in [-0.1, -0.05) is 0 Å². The Hall–Kier alpha value is -0.630. The number of hydrogen-bond acceptors (Lipinski definition) is 4. The summed E-state index contributed by atoms with van der Waals surface area (Å²) >= 11 is 2.23. The highest BCUT2D eigenvalue weighted by molar-refractivity contribution is 14.1. The van der Waals surface area contributed by atoms with Gasteiger partial charge in [-0.05, 0) is 55.7 Å². The summed E-state index contributed by atoms with van der Waals surface area (Å²) in [5.74, 6) is -0.163. The van der Waals surface area contributed by atoms with Gasteiger partial charge in [-0.3, -0.25) is 14.8 Å². The smallest absolute Gasteiger partial charge is 0.326 e. The molecule has 1 unspecified atom stereocenters. The minimum atomic E-state index is -0.617. The van der Waals surface area contributed by atoms with Gasteiger partial charge in [-0.2, -0.15) is 5.10 Å². The van der Waals surface area contributed by atoms with Crippen molar-refractivity contribution in [2.45, 2.75) is 51.2 Å². The summed E-state index contributed by atoms with van der Waals surface area (Å²) in [6, 6.07) is 0.465. The summed E-state index contributed by atoms with van der Waals surface area (Å²) in [5, 5.41) is 7.66. The predicted molar refractivity (Wildman–Crippen MR) is 80.8 cm³/mol. The van der Waals surface area contributed by atoms with Crippen molar-refractivity contribution in [1.29, 1.82) is 0 Å². The fourth-order valence-corrected chi connectivity index (χ4v) is 2.45. The maximum absolute atomic E-state index is 12.1. The van der Waals surface area contributed by atoms with Gasteiger partial charge in [-0.25, -0.2) is 0 Å². The fourth-order valence-electron chi connectivity index (χ4n) is 2.00. The third-order valence-electron chi connectivity index (χ3n) is 3.27. The lowest BCUT2D eigenvalue weighted by atomic mass is 9.97. The van der Waals surface area contributed by atoms with E-state index >= 15 is 0 Å². The molecule has 2 rings (SSSR count). The van der Waals surface area contributed by atoms with Crippen molar-refractivity contribution in [3.8, 4) is 0 Å². The predicted octanol–water partition coefficient (Wildman–Crippen LogP) is 1.95. The van der Waals surface area contributed by atoms with Crippen LogP contribution < -0.4 is 5.32 Å². The van der Waals surface area contributed by atoms with Gasteiger partial charge in [-0.15, -0.1) is 0 Å². The molecule has 0 radical (unpaired) electrons. The van der Waals surface area contributed by atoms with Crippen molar-refractivity contribution in [2.24, 2.45) is 0 Å². The zero-order chi connectivity index (χ0) is 13.9. The zero-order valence-electron chi connectivity index (χ0n) is 11.4. The Kier molecular flexibility index (Phi) is 4.83. The van der Waals surface area contributed by atoms with E-state index in [-0.39, 0.29) is 5.97 Å². The van der Waals surface area contributed by atoms with Crippen molar-refractivity contribution < 1.29 is 9.53 Å². The average molecular weight is 377 g/mol. The highest BCUT2D eigenvalue weighted by Gasteiger charge is 2.39. The summed E-state index contributed by atoms with van der Waals surface area (Å²) in [6.07, 6.45) is 6.77. The molecule has 1 N–H and O–H groups in total. The van der Waals surface area contributed by atoms with Crippen molar-refractivity contribution in [2.75, 3.05) is 6.61 Å². The van der Waals surface area contributed by atoms with Gasteiger partial charge >= 0.3 is 5.97 Å². The van der Waals surface area contributed by atoms with E-state index in [9.17, 15) is 4.79 Å². The molecule has 0 aliphatic heterocycles. The Labute approximate surface area is 127 Å². The molecule has 0 saturated heterocycles. The maximum Gasteiger partial charge on any atom is 0.326 e. The second-order valence-corrected chi connectivity index (χ2v) is 6.39. The monoisotopic (exact) mass is 377 g/mol. The molecular formula is C13H20IN3O2. The number of nitrogens with zero attached hydrogens (tertiary/aromatic N) is 2. The number of carbonyl (C=O) groups is 1. The molecule has 1 atom stereocenters. The van der Waals surface area contributed by atoms with Crippen LogP contribution in [0.15, 0.2) is 12.4 Å². The number of esters is 1. The van der Waals surface area contributed by atoms with E-state index < -0.39 is 5.54 Å². The molecule has 6 heteroatoms. The number of ether oxygens (including phenoxy) is 1. The lowest BCUT2D eigenvalue weighted by Crippen LogP contribution is -2.52. The van der Waals surface area contributed by atoms with Crippen molar-refractivity contribution >= 4 is 28.6 Å². The number of rotatable bonds is 7. The van der Waals surface area contributed by atoms with Gasteiger partial charge in [0.2, 0.25) is 0 Å². The van der Waals surface area contributed by atoms with E-state index in [0.29, 0.717) is 25.6 Å². The van der Waals surface area contributed by atoms with E-state index in [1.807, 2.05) is 30.9 Å². The van der Waals surface area contributed by atoms with Crippen LogP contribution in [0.5, 0.6) is 0 Å². The molecule has 1 aromatic rings. The molecule has 0 amide bonds. The molecule has 1 heterocycles. The second-order valence-electron chi connectivity index (χ2n) is 5.14. The van der Waals surface area contributed by atoms with E-state index in [1.54, 1.807) is 0 Å². The van der Waals surface area contributed by atoms with Crippen LogP contribution in [0.4, 0.5) is 0 Å². The van der Waals surface area contributed by atoms with Crippen LogP contribution in [0.1, 0.15) is 33.1 Å². The number of aryl methyl sites for hydroxylation is 1. The van der Waals surface area contributed by atoms with Crippen LogP contribution in [0.3, 0.4) is 0 Å². The average Bonchev–Trinajstić information content (AvgIpc) is 3.07. The van der Waals surface area contributed by atoms with Crippen LogP contribution >= 0.6 is 22.6 Å². The highest BCUT2D eigenvalue weighted by atomic mass is 127. The molecule has 1 fully saturated rings. The largest absolute Gasteiger partial charge is 0.465 e. The molecule has 0 spiro atoms. The van der Waals surface area contributed by atoms with E-state index in [2.05, 4.69) is 33.0 Å². The molecule has 19 heavy (non-hydrogen) atoms. The van der Waals surface area contributed by atoms with Crippen LogP contribution in [-0.2, 0) is 16.1 Å². The SMILES string of the molecule is CCOC(=O)C(C)(CCn1cc(I)cn1)NC1CC1. The fraction of sp³-hybridized carbons (Fsp3) is 0.692. The Balaban J connectivity index is 1.97. The highest BCUT2D eigenvalue weighted by Crippen LogP contribution is 2.25. The second kappa shape index (κ2) is 6.21. The molecule has 1 saturated carbocycles. The molecule has 1 aliphatic carbocycles. The molecule has 0 bridgehead atoms. The van der Waals surface area contributed by atoms with E-state index in [0.717, 1.165) is 16.4 Å². The van der Waals surface area contributed by atoms with Crippen LogP contribution in [-0.4, -0.2) is 33.9 Å².